The second kappa shape index (κ2) is 7.92. The van der Waals surface area contributed by atoms with Crippen molar-refractivity contribution in [2.24, 2.45) is 0 Å². The quantitative estimate of drug-likeness (QED) is 0.847. The SMILES string of the molecule is Cc1ccc(C)c(NC(=O)C[NH+](C)[C@@H](C)C(=O)N2CCc3ccccc32)c1. The van der Waals surface area contributed by atoms with Crippen LogP contribution in [0.15, 0.2) is 42.5 Å². The van der Waals surface area contributed by atoms with Crippen molar-refractivity contribution in [1.29, 1.82) is 0 Å². The van der Waals surface area contributed by atoms with Gasteiger partial charge in [0, 0.05) is 17.9 Å². The highest BCUT2D eigenvalue weighted by molar-refractivity contribution is 5.98. The van der Waals surface area contributed by atoms with Crippen LogP contribution in [0.25, 0.3) is 0 Å². The average molecular weight is 366 g/mol. The van der Waals surface area contributed by atoms with E-state index in [1.165, 1.54) is 5.56 Å². The lowest BCUT2D eigenvalue weighted by Gasteiger charge is -2.25. The fourth-order valence-electron chi connectivity index (χ4n) is 3.48. The zero-order valence-corrected chi connectivity index (χ0v) is 16.5. The van der Waals surface area contributed by atoms with Gasteiger partial charge in [-0.05, 0) is 56.0 Å². The molecule has 3 rings (SSSR count). The highest BCUT2D eigenvalue weighted by Crippen LogP contribution is 2.27. The second-order valence-electron chi connectivity index (χ2n) is 7.48. The topological polar surface area (TPSA) is 53.9 Å². The highest BCUT2D eigenvalue weighted by atomic mass is 16.2. The van der Waals surface area contributed by atoms with E-state index in [9.17, 15) is 9.59 Å². The largest absolute Gasteiger partial charge is 0.321 e. The van der Waals surface area contributed by atoms with Gasteiger partial charge in [-0.15, -0.1) is 0 Å². The molecule has 1 aliphatic heterocycles. The number of fused-ring (bicyclic) bond motifs is 1. The first kappa shape index (κ1) is 19.1. The molecule has 0 radical (unpaired) electrons. The summed E-state index contributed by atoms with van der Waals surface area (Å²) >= 11 is 0. The monoisotopic (exact) mass is 366 g/mol. The molecule has 27 heavy (non-hydrogen) atoms. The molecule has 2 aromatic carbocycles. The Morgan fingerprint density at radius 3 is 2.70 bits per heavy atom. The van der Waals surface area contributed by atoms with Gasteiger partial charge in [0.2, 0.25) is 0 Å². The summed E-state index contributed by atoms with van der Waals surface area (Å²) in [5.41, 5.74) is 5.18. The van der Waals surface area contributed by atoms with Crippen molar-refractivity contribution >= 4 is 23.2 Å². The number of carbonyl (C=O) groups is 2. The van der Waals surface area contributed by atoms with Crippen molar-refractivity contribution in [3.8, 4) is 0 Å². The fraction of sp³-hybridized carbons (Fsp3) is 0.364. The Morgan fingerprint density at radius 1 is 1.19 bits per heavy atom. The van der Waals surface area contributed by atoms with Crippen LogP contribution in [-0.4, -0.2) is 38.0 Å². The lowest BCUT2D eigenvalue weighted by molar-refractivity contribution is -0.885. The molecule has 0 saturated heterocycles. The van der Waals surface area contributed by atoms with Crippen LogP contribution >= 0.6 is 0 Å². The number of quaternary nitrogens is 1. The van der Waals surface area contributed by atoms with E-state index in [0.717, 1.165) is 33.8 Å². The first-order valence-electron chi connectivity index (χ1n) is 9.45. The van der Waals surface area contributed by atoms with E-state index in [1.54, 1.807) is 0 Å². The number of aryl methyl sites for hydroxylation is 2. The lowest BCUT2D eigenvalue weighted by atomic mass is 10.1. The van der Waals surface area contributed by atoms with E-state index >= 15 is 0 Å². The number of nitrogens with one attached hydrogen (secondary N) is 2. The van der Waals surface area contributed by atoms with Crippen LogP contribution in [0, 0.1) is 13.8 Å². The minimum atomic E-state index is -0.291. The second-order valence-corrected chi connectivity index (χ2v) is 7.48. The first-order chi connectivity index (χ1) is 12.9. The van der Waals surface area contributed by atoms with Crippen molar-refractivity contribution in [1.82, 2.24) is 0 Å². The Kier molecular flexibility index (Phi) is 5.61. The number of rotatable bonds is 5. The molecule has 0 aliphatic carbocycles. The number of hydrogen-bond donors (Lipinski definition) is 2. The third-order valence-electron chi connectivity index (χ3n) is 5.37. The molecule has 0 bridgehead atoms. The fourth-order valence-corrected chi connectivity index (χ4v) is 3.48. The lowest BCUT2D eigenvalue weighted by Crippen LogP contribution is -3.15. The van der Waals surface area contributed by atoms with E-state index in [1.807, 2.05) is 69.1 Å². The van der Waals surface area contributed by atoms with Crippen molar-refractivity contribution in [2.75, 3.05) is 30.4 Å². The number of nitrogens with zero attached hydrogens (tertiary/aromatic N) is 1. The van der Waals surface area contributed by atoms with E-state index in [-0.39, 0.29) is 24.4 Å². The molecule has 2 atom stereocenters. The summed E-state index contributed by atoms with van der Waals surface area (Å²) in [6, 6.07) is 13.7. The van der Waals surface area contributed by atoms with Crippen LogP contribution < -0.4 is 15.1 Å². The number of amides is 2. The Hall–Kier alpha value is -2.66. The molecule has 2 N–H and O–H groups in total. The Bertz CT molecular complexity index is 862. The van der Waals surface area contributed by atoms with Gasteiger partial charge in [-0.1, -0.05) is 30.3 Å². The molecular formula is C22H28N3O2+. The highest BCUT2D eigenvalue weighted by Gasteiger charge is 2.32. The van der Waals surface area contributed by atoms with Gasteiger partial charge in [0.25, 0.3) is 11.8 Å². The zero-order valence-electron chi connectivity index (χ0n) is 16.5. The molecule has 0 saturated carbocycles. The smallest absolute Gasteiger partial charge is 0.284 e. The summed E-state index contributed by atoms with van der Waals surface area (Å²) < 4.78 is 0. The van der Waals surface area contributed by atoms with E-state index in [2.05, 4.69) is 11.4 Å². The van der Waals surface area contributed by atoms with Crippen molar-refractivity contribution in [3.63, 3.8) is 0 Å². The minimum Gasteiger partial charge on any atom is -0.321 e. The molecule has 1 unspecified atom stereocenters. The average Bonchev–Trinajstić information content (AvgIpc) is 3.07. The van der Waals surface area contributed by atoms with Crippen molar-refractivity contribution < 1.29 is 14.5 Å². The predicted molar refractivity (Wildman–Crippen MR) is 108 cm³/mol. The Labute approximate surface area is 161 Å². The molecule has 5 heteroatoms. The van der Waals surface area contributed by atoms with Crippen LogP contribution in [0.4, 0.5) is 11.4 Å². The van der Waals surface area contributed by atoms with Crippen LogP contribution in [0.2, 0.25) is 0 Å². The molecule has 2 amide bonds. The van der Waals surface area contributed by atoms with Gasteiger partial charge in [-0.25, -0.2) is 0 Å². The number of para-hydroxylation sites is 1. The number of hydrogen-bond acceptors (Lipinski definition) is 2. The van der Waals surface area contributed by atoms with Crippen LogP contribution in [0.1, 0.15) is 23.6 Å². The zero-order chi connectivity index (χ0) is 19.6. The molecule has 1 heterocycles. The molecule has 0 aromatic heterocycles. The molecular weight excluding hydrogens is 338 g/mol. The number of carbonyl (C=O) groups excluding carboxylic acids is 2. The molecule has 5 nitrogen and oxygen atoms in total. The van der Waals surface area contributed by atoms with Gasteiger partial charge in [0.15, 0.2) is 12.6 Å². The van der Waals surface area contributed by atoms with Crippen molar-refractivity contribution in [3.05, 3.63) is 59.2 Å². The molecule has 0 fully saturated rings. The molecule has 1 aliphatic rings. The molecule has 2 aromatic rings. The summed E-state index contributed by atoms with van der Waals surface area (Å²) in [5.74, 6) is -0.0142. The van der Waals surface area contributed by atoms with Crippen molar-refractivity contribution in [2.45, 2.75) is 33.2 Å². The Morgan fingerprint density at radius 2 is 1.93 bits per heavy atom. The maximum Gasteiger partial charge on any atom is 0.284 e. The summed E-state index contributed by atoms with van der Waals surface area (Å²) in [6.45, 7) is 6.83. The normalized spacial score (nSPS) is 15.2. The minimum absolute atomic E-state index is 0.0667. The summed E-state index contributed by atoms with van der Waals surface area (Å²) in [7, 11) is 1.90. The summed E-state index contributed by atoms with van der Waals surface area (Å²) in [5, 5.41) is 2.98. The molecule has 142 valence electrons. The van der Waals surface area contributed by atoms with Gasteiger partial charge in [-0.2, -0.15) is 0 Å². The molecule has 0 spiro atoms. The van der Waals surface area contributed by atoms with Gasteiger partial charge >= 0.3 is 0 Å². The predicted octanol–water partition coefficient (Wildman–Crippen LogP) is 1.73. The Balaban J connectivity index is 1.62. The standard InChI is InChI=1S/C22H27N3O2/c1-15-9-10-16(2)19(13-15)23-21(26)14-24(4)17(3)22(27)25-12-11-18-7-5-6-8-20(18)25/h5-10,13,17H,11-12,14H2,1-4H3,(H,23,26)/p+1/t17-/m0/s1. The third kappa shape index (κ3) is 4.19. The van der Waals surface area contributed by atoms with Crippen LogP contribution in [-0.2, 0) is 16.0 Å². The van der Waals surface area contributed by atoms with Gasteiger partial charge in [0.05, 0.1) is 7.05 Å². The number of likely N-dealkylation sites (N-methyl/N-ethyl adjacent to an activating group) is 1. The van der Waals surface area contributed by atoms with Gasteiger partial charge in [-0.3, -0.25) is 9.59 Å². The summed E-state index contributed by atoms with van der Waals surface area (Å²) in [4.78, 5) is 28.2. The number of anilines is 2. The summed E-state index contributed by atoms with van der Waals surface area (Å²) in [6.07, 6.45) is 0.890. The van der Waals surface area contributed by atoms with E-state index in [0.29, 0.717) is 6.54 Å². The maximum absolute atomic E-state index is 13.0. The number of benzene rings is 2. The van der Waals surface area contributed by atoms with Crippen LogP contribution in [0.3, 0.4) is 0 Å². The van der Waals surface area contributed by atoms with E-state index in [4.69, 9.17) is 0 Å². The first-order valence-corrected chi connectivity index (χ1v) is 9.45. The van der Waals surface area contributed by atoms with E-state index < -0.39 is 0 Å². The van der Waals surface area contributed by atoms with Gasteiger partial charge < -0.3 is 15.1 Å². The maximum atomic E-state index is 13.0. The van der Waals surface area contributed by atoms with Crippen LogP contribution in [0.5, 0.6) is 0 Å². The third-order valence-corrected chi connectivity index (χ3v) is 5.37. The van der Waals surface area contributed by atoms with Gasteiger partial charge in [0.1, 0.15) is 0 Å².